The zero-order valence-electron chi connectivity index (χ0n) is 11.4. The number of aromatic hydroxyl groups is 1. The van der Waals surface area contributed by atoms with Crippen molar-refractivity contribution in [2.45, 2.75) is 26.0 Å². The van der Waals surface area contributed by atoms with Crippen molar-refractivity contribution in [2.24, 2.45) is 0 Å². The molecule has 2 heterocycles. The molecule has 1 aromatic heterocycles. The fraction of sp³-hybridized carbons (Fsp3) is 0.312. The van der Waals surface area contributed by atoms with E-state index in [0.29, 0.717) is 13.2 Å². The average Bonchev–Trinajstić information content (AvgIpc) is 2.43. The summed E-state index contributed by atoms with van der Waals surface area (Å²) in [6.07, 6.45) is 0.803. The van der Waals surface area contributed by atoms with Crippen LogP contribution < -0.4 is 5.56 Å². The maximum Gasteiger partial charge on any atom is 0.254 e. The Hall–Kier alpha value is -2.07. The molecule has 0 fully saturated rings. The molecule has 4 nitrogen and oxygen atoms in total. The molecule has 20 heavy (non-hydrogen) atoms. The highest BCUT2D eigenvalue weighted by atomic mass is 16.5. The summed E-state index contributed by atoms with van der Waals surface area (Å²) in [7, 11) is 0. The lowest BCUT2D eigenvalue weighted by atomic mass is 9.97. The van der Waals surface area contributed by atoms with Crippen molar-refractivity contribution in [3.63, 3.8) is 0 Å². The van der Waals surface area contributed by atoms with E-state index in [1.54, 1.807) is 10.6 Å². The van der Waals surface area contributed by atoms with Crippen LogP contribution in [0.25, 0.3) is 0 Å². The second-order valence-corrected chi connectivity index (χ2v) is 5.11. The molecular weight excluding hydrogens is 254 g/mol. The summed E-state index contributed by atoms with van der Waals surface area (Å²) in [5.41, 5.74) is 2.97. The second kappa shape index (κ2) is 5.13. The van der Waals surface area contributed by atoms with Gasteiger partial charge in [0.25, 0.3) is 5.56 Å². The van der Waals surface area contributed by atoms with E-state index in [4.69, 9.17) is 4.74 Å². The Balaban J connectivity index is 1.96. The lowest BCUT2D eigenvalue weighted by molar-refractivity contribution is 0.0295. The molecule has 0 unspecified atom stereocenters. The maximum atomic E-state index is 12.0. The first kappa shape index (κ1) is 12.9. The van der Waals surface area contributed by atoms with Crippen LogP contribution in [-0.2, 0) is 17.7 Å². The van der Waals surface area contributed by atoms with E-state index >= 15 is 0 Å². The molecule has 1 atom stereocenters. The zero-order chi connectivity index (χ0) is 14.1. The van der Waals surface area contributed by atoms with Gasteiger partial charge < -0.3 is 14.4 Å². The van der Waals surface area contributed by atoms with Crippen molar-refractivity contribution >= 4 is 0 Å². The summed E-state index contributed by atoms with van der Waals surface area (Å²) in [5.74, 6) is 0.00807. The minimum absolute atomic E-state index is 0.00807. The predicted molar refractivity (Wildman–Crippen MR) is 75.9 cm³/mol. The molecule has 0 radical (unpaired) electrons. The van der Waals surface area contributed by atoms with Crippen LogP contribution in [-0.4, -0.2) is 16.3 Å². The van der Waals surface area contributed by atoms with Crippen molar-refractivity contribution in [2.75, 3.05) is 6.61 Å². The van der Waals surface area contributed by atoms with Gasteiger partial charge >= 0.3 is 0 Å². The first-order valence-corrected chi connectivity index (χ1v) is 6.75. The fourth-order valence-corrected chi connectivity index (χ4v) is 2.74. The minimum Gasteiger partial charge on any atom is -0.508 e. The van der Waals surface area contributed by atoms with Gasteiger partial charge in [0.05, 0.1) is 13.2 Å². The Morgan fingerprint density at radius 2 is 2.15 bits per heavy atom. The third-order valence-electron chi connectivity index (χ3n) is 3.76. The molecule has 1 N–H and O–H groups in total. The van der Waals surface area contributed by atoms with E-state index in [9.17, 15) is 9.90 Å². The highest BCUT2D eigenvalue weighted by Crippen LogP contribution is 2.28. The number of nitrogens with zero attached hydrogens (tertiary/aromatic N) is 1. The van der Waals surface area contributed by atoms with E-state index in [1.165, 1.54) is 11.6 Å². The lowest BCUT2D eigenvalue weighted by Crippen LogP contribution is -2.28. The Labute approximate surface area is 117 Å². The highest BCUT2D eigenvalue weighted by Gasteiger charge is 2.21. The van der Waals surface area contributed by atoms with E-state index in [1.807, 2.05) is 19.1 Å². The highest BCUT2D eigenvalue weighted by molar-refractivity contribution is 5.31. The first-order chi connectivity index (χ1) is 9.65. The molecule has 4 heteroatoms. The van der Waals surface area contributed by atoms with Gasteiger partial charge in [0.1, 0.15) is 11.9 Å². The molecule has 104 valence electrons. The number of fused-ring (bicyclic) bond motifs is 1. The summed E-state index contributed by atoms with van der Waals surface area (Å²) in [4.78, 5) is 12.0. The van der Waals surface area contributed by atoms with Crippen LogP contribution in [0.4, 0.5) is 0 Å². The normalized spacial score (nSPS) is 17.8. The number of rotatable bonds is 2. The van der Waals surface area contributed by atoms with Crippen molar-refractivity contribution in [3.05, 3.63) is 63.6 Å². The van der Waals surface area contributed by atoms with Crippen LogP contribution >= 0.6 is 0 Å². The smallest absolute Gasteiger partial charge is 0.254 e. The molecule has 0 amide bonds. The lowest BCUT2D eigenvalue weighted by Gasteiger charge is -2.27. The van der Waals surface area contributed by atoms with Crippen LogP contribution in [0.5, 0.6) is 5.75 Å². The van der Waals surface area contributed by atoms with Crippen LogP contribution in [0.1, 0.15) is 22.9 Å². The largest absolute Gasteiger partial charge is 0.508 e. The minimum atomic E-state index is -0.200. The van der Waals surface area contributed by atoms with Gasteiger partial charge in [-0.1, -0.05) is 24.3 Å². The quantitative estimate of drug-likeness (QED) is 0.910. The second-order valence-electron chi connectivity index (χ2n) is 5.11. The number of benzene rings is 1. The van der Waals surface area contributed by atoms with E-state index in [2.05, 4.69) is 12.1 Å². The Bertz CT molecular complexity index is 690. The first-order valence-electron chi connectivity index (χ1n) is 6.75. The van der Waals surface area contributed by atoms with Gasteiger partial charge in [-0.2, -0.15) is 0 Å². The number of hydrogen-bond acceptors (Lipinski definition) is 3. The Morgan fingerprint density at radius 3 is 2.95 bits per heavy atom. The predicted octanol–water partition coefficient (Wildman–Crippen LogP) is 2.18. The van der Waals surface area contributed by atoms with Gasteiger partial charge in [0, 0.05) is 11.8 Å². The van der Waals surface area contributed by atoms with Gasteiger partial charge in [-0.15, -0.1) is 0 Å². The van der Waals surface area contributed by atoms with E-state index in [-0.39, 0.29) is 17.4 Å². The molecule has 3 rings (SSSR count). The molecule has 0 saturated carbocycles. The Morgan fingerprint density at radius 1 is 1.35 bits per heavy atom. The molecule has 1 aromatic carbocycles. The van der Waals surface area contributed by atoms with Crippen LogP contribution in [0.2, 0.25) is 0 Å². The number of aromatic nitrogens is 1. The van der Waals surface area contributed by atoms with Gasteiger partial charge in [-0.3, -0.25) is 4.79 Å². The van der Waals surface area contributed by atoms with Crippen molar-refractivity contribution in [1.82, 2.24) is 4.57 Å². The number of pyridine rings is 1. The summed E-state index contributed by atoms with van der Waals surface area (Å²) >= 11 is 0. The monoisotopic (exact) mass is 271 g/mol. The van der Waals surface area contributed by atoms with Crippen molar-refractivity contribution < 1.29 is 9.84 Å². The third-order valence-corrected chi connectivity index (χ3v) is 3.76. The van der Waals surface area contributed by atoms with Gasteiger partial charge in [0.15, 0.2) is 0 Å². The molecule has 0 saturated heterocycles. The SMILES string of the molecule is Cc1cc(O)cc(=O)n1C[C@@H]1OCCc2ccccc21. The average molecular weight is 271 g/mol. The van der Waals surface area contributed by atoms with Crippen LogP contribution in [0.15, 0.2) is 41.2 Å². The summed E-state index contributed by atoms with van der Waals surface area (Å²) in [5, 5.41) is 9.44. The van der Waals surface area contributed by atoms with Gasteiger partial charge in [-0.25, -0.2) is 0 Å². The molecule has 0 bridgehead atoms. The van der Waals surface area contributed by atoms with Gasteiger partial charge in [-0.05, 0) is 30.5 Å². The summed E-state index contributed by atoms with van der Waals surface area (Å²) in [6, 6.07) is 11.0. The fourth-order valence-electron chi connectivity index (χ4n) is 2.74. The van der Waals surface area contributed by atoms with Crippen molar-refractivity contribution in [1.29, 1.82) is 0 Å². The zero-order valence-corrected chi connectivity index (χ0v) is 11.4. The standard InChI is InChI=1S/C16H17NO3/c1-11-8-13(18)9-16(19)17(11)10-15-14-5-3-2-4-12(14)6-7-20-15/h2-5,8-9,15,18H,6-7,10H2,1H3/t15-/m0/s1. The molecule has 1 aliphatic heterocycles. The van der Waals surface area contributed by atoms with Crippen LogP contribution in [0, 0.1) is 6.92 Å². The van der Waals surface area contributed by atoms with Gasteiger partial charge in [0.2, 0.25) is 0 Å². The van der Waals surface area contributed by atoms with E-state index < -0.39 is 0 Å². The molecular formula is C16H17NO3. The molecule has 0 spiro atoms. The number of hydrogen-bond donors (Lipinski definition) is 1. The summed E-state index contributed by atoms with van der Waals surface area (Å²) < 4.78 is 7.47. The molecule has 0 aliphatic carbocycles. The van der Waals surface area contributed by atoms with E-state index in [0.717, 1.165) is 17.7 Å². The maximum absolute atomic E-state index is 12.0. The molecule has 2 aromatic rings. The number of aryl methyl sites for hydroxylation is 1. The Kier molecular flexibility index (Phi) is 3.32. The topological polar surface area (TPSA) is 51.5 Å². The summed E-state index contributed by atoms with van der Waals surface area (Å²) in [6.45, 7) is 2.96. The van der Waals surface area contributed by atoms with Crippen molar-refractivity contribution in [3.8, 4) is 5.75 Å². The molecule has 1 aliphatic rings. The third kappa shape index (κ3) is 2.34. The van der Waals surface area contributed by atoms with Crippen LogP contribution in [0.3, 0.4) is 0 Å². The number of ether oxygens (including phenoxy) is 1.